The molecule has 0 aromatic heterocycles. The molecule has 1 aromatic carbocycles. The number of nitrogens with two attached hydrogens (primary N) is 1. The molecule has 1 aromatic rings. The van der Waals surface area contributed by atoms with Gasteiger partial charge in [0, 0.05) is 11.6 Å². The number of halogens is 1. The summed E-state index contributed by atoms with van der Waals surface area (Å²) in [6.45, 7) is 4.13. The second-order valence-corrected chi connectivity index (χ2v) is 4.88. The van der Waals surface area contributed by atoms with Crippen LogP contribution in [-0.4, -0.2) is 12.5 Å². The van der Waals surface area contributed by atoms with Gasteiger partial charge in [0.25, 0.3) is 0 Å². The van der Waals surface area contributed by atoms with Crippen molar-refractivity contribution < 1.29 is 4.79 Å². The summed E-state index contributed by atoms with van der Waals surface area (Å²) in [5.41, 5.74) is 5.95. The predicted octanol–water partition coefficient (Wildman–Crippen LogP) is 2.92. The number of nitrogens with zero attached hydrogens (tertiary/aromatic N) is 1. The number of nitrogens with one attached hydrogen (secondary N) is 1. The van der Waals surface area contributed by atoms with Crippen LogP contribution in [0.25, 0.3) is 0 Å². The van der Waals surface area contributed by atoms with Gasteiger partial charge in [-0.3, -0.25) is 4.79 Å². The van der Waals surface area contributed by atoms with Gasteiger partial charge in [0.05, 0.1) is 16.7 Å². The van der Waals surface area contributed by atoms with Crippen molar-refractivity contribution in [2.75, 3.05) is 11.9 Å². The highest BCUT2D eigenvalue weighted by Gasteiger charge is 2.33. The van der Waals surface area contributed by atoms with Crippen LogP contribution in [0.1, 0.15) is 32.3 Å². The van der Waals surface area contributed by atoms with Crippen molar-refractivity contribution in [3.05, 3.63) is 28.8 Å². The van der Waals surface area contributed by atoms with Crippen LogP contribution >= 0.6 is 11.6 Å². The van der Waals surface area contributed by atoms with Crippen molar-refractivity contribution >= 4 is 23.2 Å². The highest BCUT2D eigenvalue weighted by Crippen LogP contribution is 2.28. The third-order valence-corrected chi connectivity index (χ3v) is 3.81. The molecular weight excluding hydrogens is 262 g/mol. The van der Waals surface area contributed by atoms with Crippen LogP contribution in [0.2, 0.25) is 5.02 Å². The second kappa shape index (κ2) is 6.55. The van der Waals surface area contributed by atoms with Crippen molar-refractivity contribution in [1.29, 1.82) is 5.26 Å². The minimum atomic E-state index is -0.602. The van der Waals surface area contributed by atoms with Gasteiger partial charge in [-0.2, -0.15) is 5.26 Å². The van der Waals surface area contributed by atoms with Gasteiger partial charge in [-0.1, -0.05) is 25.4 Å². The number of anilines is 1. The van der Waals surface area contributed by atoms with Crippen LogP contribution in [0.5, 0.6) is 0 Å². The first-order valence-corrected chi connectivity index (χ1v) is 6.62. The molecule has 19 heavy (non-hydrogen) atoms. The Kier molecular flexibility index (Phi) is 5.34. The fourth-order valence-electron chi connectivity index (χ4n) is 1.92. The average molecular weight is 280 g/mol. The fraction of sp³-hybridized carbons (Fsp3) is 0.429. The number of carbonyl (C=O) groups is 1. The molecule has 0 aliphatic heterocycles. The molecular formula is C14H18ClN3O. The first-order valence-electron chi connectivity index (χ1n) is 6.24. The van der Waals surface area contributed by atoms with E-state index in [9.17, 15) is 4.79 Å². The van der Waals surface area contributed by atoms with Crippen LogP contribution in [0, 0.1) is 16.7 Å². The topological polar surface area (TPSA) is 78.9 Å². The van der Waals surface area contributed by atoms with Crippen molar-refractivity contribution in [2.24, 2.45) is 11.1 Å². The summed E-state index contributed by atoms with van der Waals surface area (Å²) < 4.78 is 0. The summed E-state index contributed by atoms with van der Waals surface area (Å²) in [5, 5.41) is 12.3. The van der Waals surface area contributed by atoms with Gasteiger partial charge >= 0.3 is 0 Å². The smallest absolute Gasteiger partial charge is 0.231 e. The van der Waals surface area contributed by atoms with Gasteiger partial charge in [0.1, 0.15) is 6.07 Å². The van der Waals surface area contributed by atoms with Crippen molar-refractivity contribution in [3.63, 3.8) is 0 Å². The fourth-order valence-corrected chi connectivity index (χ4v) is 2.10. The van der Waals surface area contributed by atoms with E-state index in [1.54, 1.807) is 18.2 Å². The molecule has 0 aliphatic carbocycles. The summed E-state index contributed by atoms with van der Waals surface area (Å²) in [6.07, 6.45) is 1.29. The molecule has 0 unspecified atom stereocenters. The van der Waals surface area contributed by atoms with Gasteiger partial charge in [-0.15, -0.1) is 0 Å². The molecule has 0 saturated heterocycles. The molecule has 3 N–H and O–H groups in total. The molecule has 102 valence electrons. The summed E-state index contributed by atoms with van der Waals surface area (Å²) in [5.74, 6) is -0.168. The maximum atomic E-state index is 12.4. The zero-order chi connectivity index (χ0) is 14.5. The molecule has 0 heterocycles. The molecule has 0 saturated carbocycles. The summed E-state index contributed by atoms with van der Waals surface area (Å²) in [4.78, 5) is 12.4. The van der Waals surface area contributed by atoms with Gasteiger partial charge in [0.15, 0.2) is 0 Å². The standard InChI is InChI=1S/C14H18ClN3O/c1-3-14(4-2,9-17)13(19)18-12-7-11(15)6-5-10(12)8-16/h5-7H,3-4,9,17H2,1-2H3,(H,18,19). The van der Waals surface area contributed by atoms with Gasteiger partial charge in [0.2, 0.25) is 5.91 Å². The largest absolute Gasteiger partial charge is 0.329 e. The van der Waals surface area contributed by atoms with E-state index in [-0.39, 0.29) is 12.5 Å². The van der Waals surface area contributed by atoms with Gasteiger partial charge in [-0.25, -0.2) is 0 Å². The second-order valence-electron chi connectivity index (χ2n) is 4.45. The monoisotopic (exact) mass is 279 g/mol. The molecule has 4 nitrogen and oxygen atoms in total. The first-order chi connectivity index (χ1) is 9.02. The number of nitriles is 1. The normalized spacial score (nSPS) is 10.9. The van der Waals surface area contributed by atoms with Crippen LogP contribution in [0.15, 0.2) is 18.2 Å². The maximum Gasteiger partial charge on any atom is 0.231 e. The lowest BCUT2D eigenvalue weighted by Crippen LogP contribution is -2.41. The Morgan fingerprint density at radius 2 is 2.11 bits per heavy atom. The Bertz CT molecular complexity index is 496. The van der Waals surface area contributed by atoms with Crippen molar-refractivity contribution in [2.45, 2.75) is 26.7 Å². The molecule has 0 atom stereocenters. The summed E-state index contributed by atoms with van der Waals surface area (Å²) >= 11 is 5.89. The van der Waals surface area contributed by atoms with Crippen LogP contribution in [0.4, 0.5) is 5.69 Å². The van der Waals surface area contributed by atoms with E-state index in [4.69, 9.17) is 22.6 Å². The molecule has 0 radical (unpaired) electrons. The Morgan fingerprint density at radius 3 is 2.58 bits per heavy atom. The molecule has 0 fully saturated rings. The van der Waals surface area contributed by atoms with Crippen LogP contribution in [-0.2, 0) is 4.79 Å². The highest BCUT2D eigenvalue weighted by molar-refractivity contribution is 6.31. The van der Waals surface area contributed by atoms with Crippen molar-refractivity contribution in [3.8, 4) is 6.07 Å². The number of hydrogen-bond acceptors (Lipinski definition) is 3. The Balaban J connectivity index is 3.06. The van der Waals surface area contributed by atoms with Gasteiger partial charge < -0.3 is 11.1 Å². The van der Waals surface area contributed by atoms with Crippen molar-refractivity contribution in [1.82, 2.24) is 0 Å². The number of hydrogen-bond donors (Lipinski definition) is 2. The summed E-state index contributed by atoms with van der Waals surface area (Å²) in [7, 11) is 0. The first kappa shape index (κ1) is 15.5. The molecule has 0 aliphatic rings. The van der Waals surface area contributed by atoms with Crippen LogP contribution in [0.3, 0.4) is 0 Å². The van der Waals surface area contributed by atoms with E-state index in [1.807, 2.05) is 19.9 Å². The molecule has 0 bridgehead atoms. The SMILES string of the molecule is CCC(CC)(CN)C(=O)Nc1cc(Cl)ccc1C#N. The third-order valence-electron chi connectivity index (χ3n) is 3.58. The maximum absolute atomic E-state index is 12.4. The third kappa shape index (κ3) is 3.25. The quantitative estimate of drug-likeness (QED) is 0.870. The Labute approximate surface area is 118 Å². The molecule has 0 spiro atoms. The van der Waals surface area contributed by atoms with E-state index in [0.29, 0.717) is 29.1 Å². The lowest BCUT2D eigenvalue weighted by molar-refractivity contribution is -0.125. The van der Waals surface area contributed by atoms with E-state index in [2.05, 4.69) is 5.32 Å². The Morgan fingerprint density at radius 1 is 1.47 bits per heavy atom. The van der Waals surface area contributed by atoms with E-state index in [1.165, 1.54) is 0 Å². The minimum absolute atomic E-state index is 0.168. The molecule has 1 amide bonds. The average Bonchev–Trinajstić information content (AvgIpc) is 2.41. The van der Waals surface area contributed by atoms with E-state index < -0.39 is 5.41 Å². The number of amides is 1. The zero-order valence-corrected chi connectivity index (χ0v) is 11.9. The lowest BCUT2D eigenvalue weighted by atomic mass is 9.81. The van der Waals surface area contributed by atoms with E-state index in [0.717, 1.165) is 0 Å². The van der Waals surface area contributed by atoms with Gasteiger partial charge in [-0.05, 0) is 31.0 Å². The molecule has 1 rings (SSSR count). The zero-order valence-electron chi connectivity index (χ0n) is 11.2. The minimum Gasteiger partial charge on any atom is -0.329 e. The number of rotatable bonds is 5. The number of carbonyl (C=O) groups excluding carboxylic acids is 1. The van der Waals surface area contributed by atoms with E-state index >= 15 is 0 Å². The van der Waals surface area contributed by atoms with Crippen LogP contribution < -0.4 is 11.1 Å². The predicted molar refractivity (Wildman–Crippen MR) is 76.9 cm³/mol. The Hall–Kier alpha value is -1.57. The highest BCUT2D eigenvalue weighted by atomic mass is 35.5. The molecule has 5 heteroatoms. The summed E-state index contributed by atoms with van der Waals surface area (Å²) in [6, 6.07) is 6.80. The number of benzene rings is 1. The lowest BCUT2D eigenvalue weighted by Gasteiger charge is -2.28.